The summed E-state index contributed by atoms with van der Waals surface area (Å²) in [5.74, 6) is 0. The van der Waals surface area contributed by atoms with Gasteiger partial charge in [0.15, 0.2) is 0 Å². The van der Waals surface area contributed by atoms with Crippen LogP contribution in [0.15, 0.2) is 149 Å². The van der Waals surface area contributed by atoms with E-state index in [1.165, 1.54) is 24.3 Å². The Morgan fingerprint density at radius 3 is 0.780 bits per heavy atom. The molecule has 0 N–H and O–H groups in total. The molecule has 0 amide bonds. The van der Waals surface area contributed by atoms with Gasteiger partial charge in [0, 0.05) is 0 Å². The van der Waals surface area contributed by atoms with Crippen LogP contribution in [0.2, 0.25) is 0 Å². The number of aryl methyl sites for hydroxylation is 2. The van der Waals surface area contributed by atoms with E-state index in [2.05, 4.69) is 18.2 Å². The summed E-state index contributed by atoms with van der Waals surface area (Å²) < 4.78 is 62.3. The molecule has 0 unspecified atom stereocenters. The molecule has 0 saturated heterocycles. The number of benzene rings is 5. The average Bonchev–Trinajstić information content (AvgIpc) is 2.97. The van der Waals surface area contributed by atoms with Crippen LogP contribution in [0.4, 0.5) is 0 Å². The Morgan fingerprint density at radius 1 is 0.439 bits per heavy atom. The van der Waals surface area contributed by atoms with E-state index in [0.29, 0.717) is 0 Å². The zero-order valence-corrected chi connectivity index (χ0v) is 27.6. The summed E-state index contributed by atoms with van der Waals surface area (Å²) in [4.78, 5) is -0.355. The van der Waals surface area contributed by atoms with Crippen molar-refractivity contribution in [1.82, 2.24) is 0 Å². The molecule has 0 bridgehead atoms. The van der Waals surface area contributed by atoms with Crippen LogP contribution < -0.4 is 0 Å². The first-order valence-corrected chi connectivity index (χ1v) is 14.6. The fourth-order valence-electron chi connectivity index (χ4n) is 2.44. The van der Waals surface area contributed by atoms with Crippen LogP contribution in [0.5, 0.6) is 0 Å². The largest absolute Gasteiger partial charge is 2.00 e. The monoisotopic (exact) mass is 782 g/mol. The fraction of sp³-hybridized carbons (Fsp3) is 0.0625. The Hall–Kier alpha value is -3.20. The van der Waals surface area contributed by atoms with Crippen molar-refractivity contribution in [2.45, 2.75) is 23.6 Å². The Kier molecular flexibility index (Phi) is 19.9. The molecule has 0 aliphatic carbocycles. The summed E-state index contributed by atoms with van der Waals surface area (Å²) in [5.41, 5.74) is 1.86. The van der Waals surface area contributed by atoms with Crippen LogP contribution in [0.1, 0.15) is 11.1 Å². The Labute approximate surface area is 263 Å². The molecule has 5 aromatic carbocycles. The first kappa shape index (κ1) is 37.8. The van der Waals surface area contributed by atoms with Gasteiger partial charge in [0.2, 0.25) is 0 Å². The molecular formula is C32H29BiO6S2. The molecule has 210 valence electrons. The maximum absolute atomic E-state index is 10.4. The van der Waals surface area contributed by atoms with Gasteiger partial charge in [0.25, 0.3) is 0 Å². The van der Waals surface area contributed by atoms with Crippen LogP contribution in [0.3, 0.4) is 0 Å². The first-order chi connectivity index (χ1) is 19.0. The third kappa shape index (κ3) is 20.4. The van der Waals surface area contributed by atoms with Crippen LogP contribution in [0, 0.1) is 32.0 Å². The molecule has 0 spiro atoms. The molecular weight excluding hydrogens is 753 g/mol. The van der Waals surface area contributed by atoms with Gasteiger partial charge in [-0.15, -0.1) is 0 Å². The summed E-state index contributed by atoms with van der Waals surface area (Å²) in [7, 11) is -8.54. The number of hydrogen-bond acceptors (Lipinski definition) is 6. The maximum atomic E-state index is 10.4. The Balaban J connectivity index is 0.000000499. The first-order valence-electron chi connectivity index (χ1n) is 11.8. The Morgan fingerprint density at radius 2 is 0.659 bits per heavy atom. The average molecular weight is 783 g/mol. The molecule has 5 rings (SSSR count). The van der Waals surface area contributed by atoms with Crippen LogP contribution in [-0.4, -0.2) is 52.1 Å². The zero-order chi connectivity index (χ0) is 29.7. The molecule has 0 aliphatic heterocycles. The predicted octanol–water partition coefficient (Wildman–Crippen LogP) is 5.88. The molecule has 0 fully saturated rings. The van der Waals surface area contributed by atoms with Gasteiger partial charge >= 0.3 is 26.2 Å². The van der Waals surface area contributed by atoms with Gasteiger partial charge in [0.1, 0.15) is 20.2 Å². The van der Waals surface area contributed by atoms with Crippen LogP contribution >= 0.6 is 0 Å². The normalized spacial score (nSPS) is 9.66. The molecule has 6 radical (unpaired) electrons. The Bertz CT molecular complexity index is 1290. The maximum Gasteiger partial charge on any atom is 2.00 e. The van der Waals surface area contributed by atoms with Gasteiger partial charge in [0.05, 0.1) is 9.79 Å². The second-order valence-electron chi connectivity index (χ2n) is 7.77. The number of rotatable bonds is 2. The quantitative estimate of drug-likeness (QED) is 0.163. The summed E-state index contributed by atoms with van der Waals surface area (Å²) in [6, 6.07) is 49.1. The molecule has 5 aromatic rings. The topological polar surface area (TPSA) is 114 Å². The van der Waals surface area contributed by atoms with E-state index in [0.717, 1.165) is 11.1 Å². The predicted molar refractivity (Wildman–Crippen MR) is 160 cm³/mol. The summed E-state index contributed by atoms with van der Waals surface area (Å²) >= 11 is 0. The molecule has 6 nitrogen and oxygen atoms in total. The van der Waals surface area contributed by atoms with E-state index in [1.807, 2.05) is 105 Å². The van der Waals surface area contributed by atoms with Crippen molar-refractivity contribution in [2.24, 2.45) is 0 Å². The standard InChI is InChI=1S/2C7H8O3S.3C6H5.Bi/c2*1-6-2-4-7(5-3-6)11(8,9)10;3*1-2-4-6-5-3-1;/h2*2-5H,1H3,(H,8,9,10);3*1-5H;/q;;;;;+2/p-2. The van der Waals surface area contributed by atoms with E-state index in [1.54, 1.807) is 24.3 Å². The van der Waals surface area contributed by atoms with Gasteiger partial charge in [-0.3, -0.25) is 0 Å². The molecule has 0 saturated carbocycles. The fourth-order valence-corrected chi connectivity index (χ4v) is 3.37. The van der Waals surface area contributed by atoms with Gasteiger partial charge in [-0.25, -0.2) is 16.8 Å². The van der Waals surface area contributed by atoms with Crippen molar-refractivity contribution < 1.29 is 25.9 Å². The third-order valence-electron chi connectivity index (χ3n) is 4.44. The van der Waals surface area contributed by atoms with Crippen molar-refractivity contribution >= 4 is 46.4 Å². The molecule has 9 heteroatoms. The summed E-state index contributed by atoms with van der Waals surface area (Å²) in [5, 5.41) is 0. The molecule has 41 heavy (non-hydrogen) atoms. The van der Waals surface area contributed by atoms with E-state index in [-0.39, 0.29) is 36.0 Å². The zero-order valence-electron chi connectivity index (χ0n) is 22.5. The van der Waals surface area contributed by atoms with E-state index < -0.39 is 20.2 Å². The van der Waals surface area contributed by atoms with Gasteiger partial charge in [-0.2, -0.15) is 0 Å². The van der Waals surface area contributed by atoms with Crippen molar-refractivity contribution in [3.8, 4) is 0 Å². The second-order valence-corrected chi connectivity index (χ2v) is 10.5. The third-order valence-corrected chi connectivity index (χ3v) is 6.14. The minimum atomic E-state index is -4.27. The van der Waals surface area contributed by atoms with Gasteiger partial charge < -0.3 is 9.11 Å². The minimum Gasteiger partial charge on any atom is -0.744 e. The summed E-state index contributed by atoms with van der Waals surface area (Å²) in [6.45, 7) is 3.64. The van der Waals surface area contributed by atoms with Crippen molar-refractivity contribution in [3.63, 3.8) is 0 Å². The van der Waals surface area contributed by atoms with Crippen LogP contribution in [-0.2, 0) is 20.2 Å². The van der Waals surface area contributed by atoms with Crippen molar-refractivity contribution in [2.75, 3.05) is 0 Å². The van der Waals surface area contributed by atoms with E-state index in [9.17, 15) is 25.9 Å². The molecule has 0 aromatic heterocycles. The summed E-state index contributed by atoms with van der Waals surface area (Å²) in [6.07, 6.45) is 0. The van der Waals surface area contributed by atoms with E-state index >= 15 is 0 Å². The van der Waals surface area contributed by atoms with Crippen LogP contribution in [0.25, 0.3) is 0 Å². The SMILES string of the molecule is Cc1ccc(S(=O)(=O)[O-])cc1.Cc1ccc(S(=O)(=O)[O-])cc1.[Bi+2].[c]1ccccc1.[c]1ccccc1.[c]1ccccc1. The molecule has 0 atom stereocenters. The second kappa shape index (κ2) is 21.5. The van der Waals surface area contributed by atoms with Crippen molar-refractivity contribution in [3.05, 3.63) is 169 Å². The van der Waals surface area contributed by atoms with Crippen molar-refractivity contribution in [1.29, 1.82) is 0 Å². The smallest absolute Gasteiger partial charge is 0.744 e. The molecule has 0 heterocycles. The molecule has 0 aliphatic rings. The van der Waals surface area contributed by atoms with E-state index in [4.69, 9.17) is 0 Å². The number of hydrogen-bond donors (Lipinski definition) is 0. The van der Waals surface area contributed by atoms with Gasteiger partial charge in [-0.05, 0) is 56.3 Å². The van der Waals surface area contributed by atoms with Gasteiger partial charge in [-0.1, -0.05) is 126 Å². The minimum absolute atomic E-state index is 0.